The van der Waals surface area contributed by atoms with Gasteiger partial charge in [0.2, 0.25) is 11.7 Å². The maximum atomic E-state index is 12.9. The highest BCUT2D eigenvalue weighted by molar-refractivity contribution is 6.15. The number of nitrogens with one attached hydrogen (secondary N) is 1. The summed E-state index contributed by atoms with van der Waals surface area (Å²) in [5, 5.41) is 44.1. The van der Waals surface area contributed by atoms with Gasteiger partial charge in [-0.25, -0.2) is 0 Å². The van der Waals surface area contributed by atoms with Gasteiger partial charge < -0.3 is 35.2 Å². The Bertz CT molecular complexity index is 1500. The summed E-state index contributed by atoms with van der Waals surface area (Å²) < 4.78 is 10.6. The number of amides is 1. The van der Waals surface area contributed by atoms with Crippen LogP contribution in [0.1, 0.15) is 68.7 Å². The van der Waals surface area contributed by atoms with Crippen LogP contribution in [0.5, 0.6) is 11.5 Å². The molecule has 5 N–H and O–H groups in total. The van der Waals surface area contributed by atoms with Crippen molar-refractivity contribution < 1.29 is 39.5 Å². The van der Waals surface area contributed by atoms with Crippen molar-refractivity contribution in [3.05, 3.63) is 95.1 Å². The summed E-state index contributed by atoms with van der Waals surface area (Å²) in [7, 11) is 7.20. The summed E-state index contributed by atoms with van der Waals surface area (Å²) in [6.07, 6.45) is -0.0602. The van der Waals surface area contributed by atoms with Crippen LogP contribution < -0.4 is 14.8 Å². The molecule has 0 aromatic heterocycles. The van der Waals surface area contributed by atoms with E-state index in [9.17, 15) is 30.0 Å². The number of carbonyl (C=O) groups excluding carboxylic acids is 2. The first kappa shape index (κ1) is 34.4. The summed E-state index contributed by atoms with van der Waals surface area (Å²) in [6, 6.07) is 20.9. The Kier molecular flexibility index (Phi) is 11.0. The predicted octanol–water partition coefficient (Wildman–Crippen LogP) is 3.06. The van der Waals surface area contributed by atoms with Crippen molar-refractivity contribution in [2.45, 2.75) is 63.7 Å². The fraction of sp³-hybridized carbons (Fsp3) is 0.353. The third-order valence-electron chi connectivity index (χ3n) is 7.06. The lowest BCUT2D eigenvalue weighted by Gasteiger charge is -2.38. The first-order chi connectivity index (χ1) is 20.5. The third kappa shape index (κ3) is 9.18. The average Bonchev–Trinajstić information content (AvgIpc) is 2.95. The molecule has 230 valence electrons. The SMILES string of the molecule is [B]C(O)(c1ccc(OC(C)(C)O)c(OC)c1)C(O)(O)NC(=O)CC(CC(C)c1ccc(C#Cc2ccccc2)cc1)C(C)=O. The van der Waals surface area contributed by atoms with Crippen LogP contribution in [0.2, 0.25) is 0 Å². The first-order valence-electron chi connectivity index (χ1n) is 14.1. The van der Waals surface area contributed by atoms with Crippen molar-refractivity contribution in [3.63, 3.8) is 0 Å². The van der Waals surface area contributed by atoms with Crippen molar-refractivity contribution in [3.8, 4) is 23.3 Å². The van der Waals surface area contributed by atoms with Gasteiger partial charge in [0.15, 0.2) is 11.5 Å². The molecule has 0 saturated carbocycles. The maximum Gasteiger partial charge on any atom is 0.271 e. The Hall–Kier alpha value is -4.14. The molecule has 3 aromatic rings. The number of carbonyl (C=O) groups is 2. The number of aliphatic hydroxyl groups is 4. The molecule has 9 nitrogen and oxygen atoms in total. The normalized spacial score (nSPS) is 14.3. The Labute approximate surface area is 259 Å². The van der Waals surface area contributed by atoms with Gasteiger partial charge >= 0.3 is 0 Å². The van der Waals surface area contributed by atoms with Crippen molar-refractivity contribution in [1.82, 2.24) is 5.32 Å². The number of hydrogen-bond acceptors (Lipinski definition) is 8. The van der Waals surface area contributed by atoms with Gasteiger partial charge in [0.1, 0.15) is 19.1 Å². The minimum atomic E-state index is -3.34. The van der Waals surface area contributed by atoms with Crippen LogP contribution >= 0.6 is 0 Å². The molecule has 0 aliphatic rings. The number of Topliss-reactive ketones (excluding diaryl/α,β-unsaturated/α-hetero) is 1. The summed E-state index contributed by atoms with van der Waals surface area (Å²) in [4.78, 5) is 25.4. The predicted molar refractivity (Wildman–Crippen MR) is 166 cm³/mol. The lowest BCUT2D eigenvalue weighted by atomic mass is 9.72. The topological polar surface area (TPSA) is 146 Å². The van der Waals surface area contributed by atoms with E-state index in [-0.39, 0.29) is 35.2 Å². The van der Waals surface area contributed by atoms with E-state index in [4.69, 9.17) is 17.3 Å². The minimum absolute atomic E-state index is 0.0255. The molecule has 2 radical (unpaired) electrons. The summed E-state index contributed by atoms with van der Waals surface area (Å²) in [5.74, 6) is -0.562. The van der Waals surface area contributed by atoms with Crippen LogP contribution in [-0.4, -0.2) is 58.8 Å². The van der Waals surface area contributed by atoms with Gasteiger partial charge in [-0.15, -0.1) is 0 Å². The second-order valence-corrected chi connectivity index (χ2v) is 11.3. The van der Waals surface area contributed by atoms with Crippen LogP contribution in [0.4, 0.5) is 0 Å². The van der Waals surface area contributed by atoms with E-state index in [1.54, 1.807) is 0 Å². The van der Waals surface area contributed by atoms with Gasteiger partial charge in [0, 0.05) is 37.3 Å². The zero-order valence-corrected chi connectivity index (χ0v) is 25.5. The van der Waals surface area contributed by atoms with Crippen LogP contribution in [-0.2, 0) is 15.1 Å². The molecule has 1 amide bonds. The molecule has 0 spiro atoms. The van der Waals surface area contributed by atoms with Gasteiger partial charge in [-0.3, -0.25) is 9.59 Å². The molecule has 0 heterocycles. The molecule has 0 bridgehead atoms. The number of rotatable bonds is 12. The van der Waals surface area contributed by atoms with Gasteiger partial charge in [0.25, 0.3) is 5.91 Å². The Morgan fingerprint density at radius 1 is 0.909 bits per heavy atom. The van der Waals surface area contributed by atoms with Crippen molar-refractivity contribution in [2.24, 2.45) is 5.92 Å². The van der Waals surface area contributed by atoms with Gasteiger partial charge in [0.05, 0.1) is 7.11 Å². The Morgan fingerprint density at radius 2 is 1.50 bits per heavy atom. The van der Waals surface area contributed by atoms with Crippen molar-refractivity contribution in [1.29, 1.82) is 0 Å². The molecular weight excluding hydrogens is 561 g/mol. The van der Waals surface area contributed by atoms with Crippen LogP contribution in [0.3, 0.4) is 0 Å². The third-order valence-corrected chi connectivity index (χ3v) is 7.06. The molecule has 44 heavy (non-hydrogen) atoms. The largest absolute Gasteiger partial charge is 0.493 e. The second kappa shape index (κ2) is 14.1. The van der Waals surface area contributed by atoms with Gasteiger partial charge in [-0.2, -0.15) is 0 Å². The highest BCUT2D eigenvalue weighted by atomic mass is 16.6. The highest BCUT2D eigenvalue weighted by Gasteiger charge is 2.47. The summed E-state index contributed by atoms with van der Waals surface area (Å²) in [6.45, 7) is 6.09. The maximum absolute atomic E-state index is 12.9. The molecule has 3 aromatic carbocycles. The zero-order chi connectivity index (χ0) is 32.7. The molecular formula is C34H38BNO8. The smallest absolute Gasteiger partial charge is 0.271 e. The van der Waals surface area contributed by atoms with Crippen LogP contribution in [0, 0.1) is 17.8 Å². The monoisotopic (exact) mass is 599 g/mol. The quantitative estimate of drug-likeness (QED) is 0.121. The number of ether oxygens (including phenoxy) is 2. The molecule has 0 saturated heterocycles. The number of benzene rings is 3. The Morgan fingerprint density at radius 3 is 2.05 bits per heavy atom. The van der Waals surface area contributed by atoms with Crippen molar-refractivity contribution in [2.75, 3.05) is 7.11 Å². The lowest BCUT2D eigenvalue weighted by molar-refractivity contribution is -0.264. The van der Waals surface area contributed by atoms with E-state index in [0.717, 1.165) is 16.7 Å². The van der Waals surface area contributed by atoms with E-state index < -0.39 is 29.0 Å². The minimum Gasteiger partial charge on any atom is -0.493 e. The van der Waals surface area contributed by atoms with E-state index >= 15 is 0 Å². The van der Waals surface area contributed by atoms with E-state index in [1.807, 2.05) is 66.8 Å². The molecule has 10 heteroatoms. The number of hydrogen-bond donors (Lipinski definition) is 5. The van der Waals surface area contributed by atoms with E-state index in [0.29, 0.717) is 6.42 Å². The first-order valence-corrected chi connectivity index (χ1v) is 14.1. The van der Waals surface area contributed by atoms with Crippen molar-refractivity contribution >= 4 is 19.5 Å². The molecule has 3 rings (SSSR count). The molecule has 0 aliphatic carbocycles. The van der Waals surface area contributed by atoms with Crippen LogP contribution in [0.25, 0.3) is 0 Å². The molecule has 0 fully saturated rings. The Balaban J connectivity index is 1.68. The lowest BCUT2D eigenvalue weighted by Crippen LogP contribution is -2.63. The molecule has 0 aliphatic heterocycles. The fourth-order valence-electron chi connectivity index (χ4n) is 4.54. The highest BCUT2D eigenvalue weighted by Crippen LogP contribution is 2.36. The summed E-state index contributed by atoms with van der Waals surface area (Å²) >= 11 is 0. The summed E-state index contributed by atoms with van der Waals surface area (Å²) in [5.41, 5.74) is -0.460. The molecule has 3 unspecified atom stereocenters. The molecule has 3 atom stereocenters. The fourth-order valence-corrected chi connectivity index (χ4v) is 4.54. The van der Waals surface area contributed by atoms with Gasteiger partial charge in [-0.05, 0) is 66.8 Å². The number of ketones is 1. The zero-order valence-electron chi connectivity index (χ0n) is 25.5. The van der Waals surface area contributed by atoms with E-state index in [2.05, 4.69) is 11.8 Å². The standard InChI is InChI=1S/C34H38BNO8/c1-22(26-15-13-25(14-16-26)12-11-24-9-7-6-8-10-24)19-27(23(2)37)20-31(38)36-34(41,42)33(35,40)28-17-18-29(30(21-28)43-5)44-32(3,4)39/h6-10,13-18,21-22,27,39-42H,19-20H2,1-5H3,(H,36,38). The van der Waals surface area contributed by atoms with Crippen LogP contribution in [0.15, 0.2) is 72.8 Å². The average molecular weight is 599 g/mol. The van der Waals surface area contributed by atoms with Gasteiger partial charge in [-0.1, -0.05) is 55.2 Å². The number of methoxy groups -OCH3 is 1. The van der Waals surface area contributed by atoms with E-state index in [1.165, 1.54) is 46.1 Å². The second-order valence-electron chi connectivity index (χ2n) is 11.3.